The summed E-state index contributed by atoms with van der Waals surface area (Å²) in [5, 5.41) is 21.7. The lowest BCUT2D eigenvalue weighted by molar-refractivity contribution is 1.18. The highest BCUT2D eigenvalue weighted by atomic mass is 15.2. The molecule has 0 aliphatic heterocycles. The van der Waals surface area contributed by atoms with Gasteiger partial charge in [-0.05, 0) is 78.9 Å². The fourth-order valence-corrected chi connectivity index (χ4v) is 3.95. The molecule has 2 heterocycles. The van der Waals surface area contributed by atoms with E-state index in [1.54, 1.807) is 18.2 Å². The van der Waals surface area contributed by atoms with E-state index < -0.39 is 0 Å². The predicted octanol–water partition coefficient (Wildman–Crippen LogP) is 5.35. The van der Waals surface area contributed by atoms with E-state index in [0.717, 1.165) is 44.3 Å². The molecule has 0 saturated carbocycles. The topological polar surface area (TPSA) is 124 Å². The number of benzene rings is 2. The number of nitriles is 2. The molecule has 0 bridgehead atoms. The number of nitrogen functional groups attached to an aromatic ring is 1. The molecule has 2 aromatic carbocycles. The third kappa shape index (κ3) is 4.34. The van der Waals surface area contributed by atoms with E-state index in [1.807, 2.05) is 39.0 Å². The molecule has 0 fully saturated rings. The molecule has 4 rings (SSSR count). The fraction of sp³-hybridized carbons (Fsp3) is 0.115. The van der Waals surface area contributed by atoms with Crippen molar-refractivity contribution in [2.75, 3.05) is 11.1 Å². The van der Waals surface area contributed by atoms with Crippen molar-refractivity contribution >= 4 is 34.6 Å². The number of nitrogens with one attached hydrogen (secondary N) is 1. The van der Waals surface area contributed by atoms with Crippen molar-refractivity contribution in [1.29, 1.82) is 10.5 Å². The molecule has 7 nitrogen and oxygen atoms in total. The van der Waals surface area contributed by atoms with Gasteiger partial charge in [0.25, 0.3) is 0 Å². The SMILES string of the molecule is Cc1cc(-c2c(C)cc(/C=C/C#N)cc2C)c2nc(Nc3ccc(C#N)cn3)nc(N)c2c1. The summed E-state index contributed by atoms with van der Waals surface area (Å²) in [5.41, 5.74) is 13.7. The Hall–Kier alpha value is -4.75. The standard InChI is InChI=1S/C26H21N7/c1-15-9-20(23-16(2)11-18(5-4-8-27)12-17(23)3)24-21(10-15)25(29)33-26(32-24)31-22-7-6-19(13-28)14-30-22/h4-7,9-12,14H,1-3H3,(H3,29,30,31,32,33)/b5-4+. The van der Waals surface area contributed by atoms with Gasteiger partial charge < -0.3 is 11.1 Å². The van der Waals surface area contributed by atoms with Gasteiger partial charge in [0, 0.05) is 23.2 Å². The van der Waals surface area contributed by atoms with Gasteiger partial charge in [-0.25, -0.2) is 9.97 Å². The molecule has 0 atom stereocenters. The first kappa shape index (κ1) is 21.5. The van der Waals surface area contributed by atoms with Crippen LogP contribution in [0.1, 0.15) is 27.8 Å². The summed E-state index contributed by atoms with van der Waals surface area (Å²) in [4.78, 5) is 13.4. The van der Waals surface area contributed by atoms with Crippen molar-refractivity contribution in [1.82, 2.24) is 15.0 Å². The second-order valence-electron chi connectivity index (χ2n) is 7.80. The molecule has 0 unspecified atom stereocenters. The average Bonchev–Trinajstić information content (AvgIpc) is 2.78. The Labute approximate surface area is 191 Å². The second kappa shape index (κ2) is 8.78. The Balaban J connectivity index is 1.88. The maximum atomic E-state index is 8.97. The van der Waals surface area contributed by atoms with E-state index in [1.165, 1.54) is 12.3 Å². The second-order valence-corrected chi connectivity index (χ2v) is 7.80. The summed E-state index contributed by atoms with van der Waals surface area (Å²) in [5.74, 6) is 1.21. The zero-order valence-corrected chi connectivity index (χ0v) is 18.5. The first-order valence-electron chi connectivity index (χ1n) is 10.3. The Morgan fingerprint density at radius 2 is 1.76 bits per heavy atom. The van der Waals surface area contributed by atoms with Crippen LogP contribution in [-0.4, -0.2) is 15.0 Å². The largest absolute Gasteiger partial charge is 0.383 e. The molecule has 4 aromatic rings. The van der Waals surface area contributed by atoms with Gasteiger partial charge in [0.15, 0.2) is 0 Å². The van der Waals surface area contributed by atoms with Crippen molar-refractivity contribution in [2.24, 2.45) is 0 Å². The van der Waals surface area contributed by atoms with Crippen LogP contribution in [-0.2, 0) is 0 Å². The Morgan fingerprint density at radius 3 is 2.39 bits per heavy atom. The number of fused-ring (bicyclic) bond motifs is 1. The molecular weight excluding hydrogens is 410 g/mol. The molecule has 0 aliphatic rings. The lowest BCUT2D eigenvalue weighted by Crippen LogP contribution is -2.04. The van der Waals surface area contributed by atoms with Crippen LogP contribution >= 0.6 is 0 Å². The van der Waals surface area contributed by atoms with E-state index in [4.69, 9.17) is 21.2 Å². The summed E-state index contributed by atoms with van der Waals surface area (Å²) in [6.07, 6.45) is 4.75. The van der Waals surface area contributed by atoms with E-state index in [0.29, 0.717) is 23.1 Å². The number of nitrogens with zero attached hydrogens (tertiary/aromatic N) is 5. The lowest BCUT2D eigenvalue weighted by Gasteiger charge is -2.16. The van der Waals surface area contributed by atoms with Crippen LogP contribution in [0.4, 0.5) is 17.6 Å². The van der Waals surface area contributed by atoms with E-state index in [-0.39, 0.29) is 0 Å². The summed E-state index contributed by atoms with van der Waals surface area (Å²) >= 11 is 0. The zero-order valence-electron chi connectivity index (χ0n) is 18.5. The van der Waals surface area contributed by atoms with Gasteiger partial charge in [-0.15, -0.1) is 0 Å². The molecule has 0 aliphatic carbocycles. The monoisotopic (exact) mass is 431 g/mol. The summed E-state index contributed by atoms with van der Waals surface area (Å²) in [6.45, 7) is 6.11. The number of allylic oxidation sites excluding steroid dienone is 1. The molecule has 7 heteroatoms. The maximum Gasteiger partial charge on any atom is 0.230 e. The molecule has 2 aromatic heterocycles. The number of nitrogens with two attached hydrogens (primary N) is 1. The lowest BCUT2D eigenvalue weighted by atomic mass is 9.91. The first-order valence-corrected chi connectivity index (χ1v) is 10.3. The van der Waals surface area contributed by atoms with Crippen LogP contribution < -0.4 is 11.1 Å². The van der Waals surface area contributed by atoms with Crippen LogP contribution in [0.2, 0.25) is 0 Å². The van der Waals surface area contributed by atoms with Gasteiger partial charge >= 0.3 is 0 Å². The maximum absolute atomic E-state index is 8.97. The zero-order chi connectivity index (χ0) is 23.5. The van der Waals surface area contributed by atoms with Crippen LogP contribution in [0.25, 0.3) is 28.1 Å². The number of aryl methyl sites for hydroxylation is 3. The summed E-state index contributed by atoms with van der Waals surface area (Å²) in [7, 11) is 0. The van der Waals surface area contributed by atoms with Crippen molar-refractivity contribution < 1.29 is 0 Å². The van der Waals surface area contributed by atoms with Crippen molar-refractivity contribution in [3.63, 3.8) is 0 Å². The van der Waals surface area contributed by atoms with Gasteiger partial charge in [-0.1, -0.05) is 12.1 Å². The van der Waals surface area contributed by atoms with E-state index in [9.17, 15) is 0 Å². The molecular formula is C26H21N7. The number of hydrogen-bond acceptors (Lipinski definition) is 7. The van der Waals surface area contributed by atoms with Gasteiger partial charge in [0.2, 0.25) is 5.95 Å². The highest BCUT2D eigenvalue weighted by Crippen LogP contribution is 2.36. The minimum Gasteiger partial charge on any atom is -0.383 e. The highest BCUT2D eigenvalue weighted by molar-refractivity contribution is 6.01. The Morgan fingerprint density at radius 1 is 1.00 bits per heavy atom. The van der Waals surface area contributed by atoms with Gasteiger partial charge in [-0.3, -0.25) is 0 Å². The third-order valence-corrected chi connectivity index (χ3v) is 5.28. The van der Waals surface area contributed by atoms with Crippen LogP contribution in [0.5, 0.6) is 0 Å². The minimum atomic E-state index is 0.325. The number of aromatic nitrogens is 3. The Bertz CT molecular complexity index is 1460. The minimum absolute atomic E-state index is 0.325. The van der Waals surface area contributed by atoms with Gasteiger partial charge in [-0.2, -0.15) is 15.5 Å². The number of rotatable bonds is 4. The summed E-state index contributed by atoms with van der Waals surface area (Å²) in [6, 6.07) is 15.6. The van der Waals surface area contributed by atoms with Crippen LogP contribution in [0.3, 0.4) is 0 Å². The first-order chi connectivity index (χ1) is 15.9. The quantitative estimate of drug-likeness (QED) is 0.417. The van der Waals surface area contributed by atoms with Crippen molar-refractivity contribution in [3.8, 4) is 23.3 Å². The number of pyridine rings is 1. The van der Waals surface area contributed by atoms with Crippen LogP contribution in [0, 0.1) is 43.4 Å². The van der Waals surface area contributed by atoms with E-state index >= 15 is 0 Å². The molecule has 3 N–H and O–H groups in total. The van der Waals surface area contributed by atoms with Crippen molar-refractivity contribution in [2.45, 2.75) is 20.8 Å². The fourth-order valence-electron chi connectivity index (χ4n) is 3.95. The molecule has 33 heavy (non-hydrogen) atoms. The molecule has 0 radical (unpaired) electrons. The van der Waals surface area contributed by atoms with E-state index in [2.05, 4.69) is 33.5 Å². The molecule has 0 amide bonds. The van der Waals surface area contributed by atoms with Gasteiger partial charge in [0.1, 0.15) is 17.7 Å². The number of anilines is 3. The predicted molar refractivity (Wildman–Crippen MR) is 130 cm³/mol. The van der Waals surface area contributed by atoms with Gasteiger partial charge in [0.05, 0.1) is 17.1 Å². The van der Waals surface area contributed by atoms with Crippen LogP contribution in [0.15, 0.2) is 48.7 Å². The normalized spacial score (nSPS) is 10.8. The average molecular weight is 432 g/mol. The molecule has 0 spiro atoms. The molecule has 0 saturated heterocycles. The smallest absolute Gasteiger partial charge is 0.230 e. The highest BCUT2D eigenvalue weighted by Gasteiger charge is 2.16. The number of hydrogen-bond donors (Lipinski definition) is 2. The molecule has 160 valence electrons. The Kier molecular flexibility index (Phi) is 5.71. The third-order valence-electron chi connectivity index (χ3n) is 5.28. The summed E-state index contributed by atoms with van der Waals surface area (Å²) < 4.78 is 0. The van der Waals surface area contributed by atoms with Crippen molar-refractivity contribution in [3.05, 3.63) is 76.5 Å².